The Balaban J connectivity index is 2.31. The van der Waals surface area contributed by atoms with Crippen molar-refractivity contribution in [2.45, 2.75) is 32.4 Å². The molecule has 0 amide bonds. The van der Waals surface area contributed by atoms with Gasteiger partial charge in [-0.15, -0.1) is 0 Å². The molecule has 2 heterocycles. The Hall–Kier alpha value is -0.880. The Morgan fingerprint density at radius 1 is 1.56 bits per heavy atom. The lowest BCUT2D eigenvalue weighted by molar-refractivity contribution is 0.500. The van der Waals surface area contributed by atoms with E-state index >= 15 is 0 Å². The number of hydrogen-bond donors (Lipinski definition) is 1. The van der Waals surface area contributed by atoms with Crippen molar-refractivity contribution in [1.29, 1.82) is 0 Å². The van der Waals surface area contributed by atoms with Gasteiger partial charge in [-0.25, -0.2) is 4.68 Å². The lowest BCUT2D eigenvalue weighted by Crippen LogP contribution is -2.32. The molecule has 0 radical (unpaired) electrons. The lowest BCUT2D eigenvalue weighted by Gasteiger charge is -2.20. The van der Waals surface area contributed by atoms with Crippen LogP contribution in [0.25, 0.3) is 0 Å². The summed E-state index contributed by atoms with van der Waals surface area (Å²) in [5.74, 6) is 0. The molecule has 0 bridgehead atoms. The maximum absolute atomic E-state index is 12.2. The van der Waals surface area contributed by atoms with Crippen molar-refractivity contribution in [2.24, 2.45) is 0 Å². The first kappa shape index (κ1) is 13.5. The summed E-state index contributed by atoms with van der Waals surface area (Å²) < 4.78 is 2.11. The third-order valence-electron chi connectivity index (χ3n) is 3.35. The number of nitrogens with zero attached hydrogens (tertiary/aromatic N) is 3. The van der Waals surface area contributed by atoms with Gasteiger partial charge in [-0.3, -0.25) is 4.79 Å². The highest BCUT2D eigenvalue weighted by atomic mass is 79.9. The van der Waals surface area contributed by atoms with Crippen molar-refractivity contribution in [3.63, 3.8) is 0 Å². The molecule has 1 atom stereocenters. The van der Waals surface area contributed by atoms with Crippen molar-refractivity contribution in [3.05, 3.63) is 21.0 Å². The van der Waals surface area contributed by atoms with Crippen LogP contribution in [0.5, 0.6) is 0 Å². The summed E-state index contributed by atoms with van der Waals surface area (Å²) in [7, 11) is 1.97. The monoisotopic (exact) mass is 314 g/mol. The molecule has 1 aromatic heterocycles. The lowest BCUT2D eigenvalue weighted by atomic mass is 10.3. The molecule has 2 rings (SSSR count). The van der Waals surface area contributed by atoms with E-state index in [0.29, 0.717) is 10.5 Å². The molecule has 1 aromatic rings. The summed E-state index contributed by atoms with van der Waals surface area (Å²) >= 11 is 3.42. The second kappa shape index (κ2) is 5.40. The molecule has 1 fully saturated rings. The zero-order chi connectivity index (χ0) is 13.3. The Morgan fingerprint density at radius 3 is 2.83 bits per heavy atom. The zero-order valence-electron chi connectivity index (χ0n) is 11.0. The van der Waals surface area contributed by atoms with E-state index in [2.05, 4.69) is 31.2 Å². The minimum atomic E-state index is -0.0598. The first-order valence-corrected chi connectivity index (χ1v) is 7.03. The van der Waals surface area contributed by atoms with E-state index in [1.54, 1.807) is 6.20 Å². The van der Waals surface area contributed by atoms with E-state index in [1.807, 2.05) is 20.9 Å². The predicted molar refractivity (Wildman–Crippen MR) is 76.3 cm³/mol. The fraction of sp³-hybridized carbons (Fsp3) is 0.667. The van der Waals surface area contributed by atoms with Gasteiger partial charge in [0.2, 0.25) is 0 Å². The molecule has 18 heavy (non-hydrogen) atoms. The summed E-state index contributed by atoms with van der Waals surface area (Å²) in [6.07, 6.45) is 2.87. The van der Waals surface area contributed by atoms with E-state index in [4.69, 9.17) is 0 Å². The maximum atomic E-state index is 12.2. The van der Waals surface area contributed by atoms with Gasteiger partial charge in [0.25, 0.3) is 5.56 Å². The van der Waals surface area contributed by atoms with Gasteiger partial charge in [0.1, 0.15) is 4.47 Å². The van der Waals surface area contributed by atoms with Gasteiger partial charge < -0.3 is 10.2 Å². The molecule has 0 aliphatic carbocycles. The normalized spacial score (nSPS) is 19.8. The van der Waals surface area contributed by atoms with Crippen LogP contribution in [0, 0.1) is 0 Å². The molecule has 1 aliphatic heterocycles. The molecule has 5 nitrogen and oxygen atoms in total. The van der Waals surface area contributed by atoms with E-state index in [-0.39, 0.29) is 11.6 Å². The number of rotatable bonds is 3. The highest BCUT2D eigenvalue weighted by Crippen LogP contribution is 2.25. The first-order chi connectivity index (χ1) is 8.54. The summed E-state index contributed by atoms with van der Waals surface area (Å²) in [5, 5.41) is 7.51. The van der Waals surface area contributed by atoms with Crippen molar-refractivity contribution < 1.29 is 0 Å². The maximum Gasteiger partial charge on any atom is 0.283 e. The van der Waals surface area contributed by atoms with E-state index in [9.17, 15) is 4.79 Å². The number of hydrogen-bond acceptors (Lipinski definition) is 4. The van der Waals surface area contributed by atoms with Crippen LogP contribution in [0.4, 0.5) is 5.69 Å². The number of aromatic nitrogens is 2. The molecule has 1 saturated heterocycles. The molecule has 0 saturated carbocycles. The molecule has 0 aromatic carbocycles. The average Bonchev–Trinajstić information content (AvgIpc) is 2.80. The van der Waals surface area contributed by atoms with Gasteiger partial charge in [0.05, 0.1) is 17.9 Å². The average molecular weight is 315 g/mol. The number of nitrogens with one attached hydrogen (secondary N) is 1. The molecular weight excluding hydrogens is 296 g/mol. The second-order valence-corrected chi connectivity index (χ2v) is 5.70. The summed E-state index contributed by atoms with van der Waals surface area (Å²) in [6, 6.07) is 0.566. The van der Waals surface area contributed by atoms with E-state index < -0.39 is 0 Å². The number of likely N-dealkylation sites (N-methyl/N-ethyl adjacent to an activating group) is 1. The number of anilines is 1. The van der Waals surface area contributed by atoms with E-state index in [1.165, 1.54) is 4.68 Å². The first-order valence-electron chi connectivity index (χ1n) is 6.24. The Bertz CT molecular complexity index is 485. The van der Waals surface area contributed by atoms with Gasteiger partial charge in [-0.2, -0.15) is 5.10 Å². The fourth-order valence-corrected chi connectivity index (χ4v) is 2.77. The van der Waals surface area contributed by atoms with Crippen LogP contribution in [0.2, 0.25) is 0 Å². The van der Waals surface area contributed by atoms with Gasteiger partial charge in [-0.1, -0.05) is 0 Å². The molecule has 0 spiro atoms. The van der Waals surface area contributed by atoms with Gasteiger partial charge >= 0.3 is 0 Å². The summed E-state index contributed by atoms with van der Waals surface area (Å²) in [4.78, 5) is 14.3. The molecule has 100 valence electrons. The van der Waals surface area contributed by atoms with Crippen molar-refractivity contribution in [3.8, 4) is 0 Å². The fourth-order valence-electron chi connectivity index (χ4n) is 2.24. The Kier molecular flexibility index (Phi) is 4.07. The highest BCUT2D eigenvalue weighted by molar-refractivity contribution is 9.10. The van der Waals surface area contributed by atoms with Gasteiger partial charge in [0, 0.05) is 19.1 Å². The Morgan fingerprint density at radius 2 is 2.28 bits per heavy atom. The quantitative estimate of drug-likeness (QED) is 0.916. The zero-order valence-corrected chi connectivity index (χ0v) is 12.6. The van der Waals surface area contributed by atoms with Crippen LogP contribution < -0.4 is 15.8 Å². The summed E-state index contributed by atoms with van der Waals surface area (Å²) in [5.41, 5.74) is 0.838. The van der Waals surface area contributed by atoms with Crippen LogP contribution in [-0.4, -0.2) is 36.0 Å². The van der Waals surface area contributed by atoms with Crippen LogP contribution in [0.15, 0.2) is 15.5 Å². The van der Waals surface area contributed by atoms with Crippen molar-refractivity contribution in [2.75, 3.05) is 25.0 Å². The Labute approximate surface area is 115 Å². The van der Waals surface area contributed by atoms with Gasteiger partial charge in [-0.05, 0) is 43.2 Å². The molecular formula is C12H19BrN4O. The van der Waals surface area contributed by atoms with Crippen LogP contribution >= 0.6 is 15.9 Å². The SMILES string of the molecule is CNC1CCN(c2cnn(C(C)C)c(=O)c2Br)C1. The second-order valence-electron chi connectivity index (χ2n) is 4.91. The van der Waals surface area contributed by atoms with Crippen molar-refractivity contribution >= 4 is 21.6 Å². The third kappa shape index (κ3) is 2.44. The van der Waals surface area contributed by atoms with Crippen LogP contribution in [0.1, 0.15) is 26.3 Å². The largest absolute Gasteiger partial charge is 0.368 e. The molecule has 1 unspecified atom stereocenters. The van der Waals surface area contributed by atoms with Crippen LogP contribution in [0.3, 0.4) is 0 Å². The standard InChI is InChI=1S/C12H19BrN4O/c1-8(2)17-12(18)11(13)10(6-15-17)16-5-4-9(7-16)14-3/h6,8-9,14H,4-5,7H2,1-3H3. The van der Waals surface area contributed by atoms with Gasteiger partial charge in [0.15, 0.2) is 0 Å². The summed E-state index contributed by atoms with van der Waals surface area (Å²) in [6.45, 7) is 5.78. The van der Waals surface area contributed by atoms with Crippen molar-refractivity contribution in [1.82, 2.24) is 15.1 Å². The topological polar surface area (TPSA) is 50.2 Å². The number of halogens is 1. The minimum Gasteiger partial charge on any atom is -0.368 e. The predicted octanol–water partition coefficient (Wildman–Crippen LogP) is 1.38. The third-order valence-corrected chi connectivity index (χ3v) is 4.10. The molecule has 6 heteroatoms. The minimum absolute atomic E-state index is 0.0598. The van der Waals surface area contributed by atoms with Crippen LogP contribution in [-0.2, 0) is 0 Å². The van der Waals surface area contributed by atoms with E-state index in [0.717, 1.165) is 25.2 Å². The highest BCUT2D eigenvalue weighted by Gasteiger charge is 2.24. The smallest absolute Gasteiger partial charge is 0.283 e. The molecule has 1 aliphatic rings. The molecule has 1 N–H and O–H groups in total.